The number of nitrogens with zero attached hydrogens (tertiary/aromatic N) is 2. The second kappa shape index (κ2) is 8.02. The minimum absolute atomic E-state index is 0. The van der Waals surface area contributed by atoms with Gasteiger partial charge in [0.25, 0.3) is 5.91 Å². The van der Waals surface area contributed by atoms with Gasteiger partial charge in [0.2, 0.25) is 0 Å². The fourth-order valence-electron chi connectivity index (χ4n) is 1.65. The number of hydrogen-bond donors (Lipinski definition) is 2. The third-order valence-corrected chi connectivity index (χ3v) is 3.17. The molecule has 0 spiro atoms. The molecule has 114 valence electrons. The Balaban J connectivity index is 0.00000220. The number of halogens is 2. The molecule has 1 heterocycles. The Labute approximate surface area is 134 Å². The summed E-state index contributed by atoms with van der Waals surface area (Å²) in [6, 6.07) is 7.28. The van der Waals surface area contributed by atoms with E-state index in [1.54, 1.807) is 23.0 Å². The molecule has 1 aromatic heterocycles. The molecule has 1 aromatic carbocycles. The van der Waals surface area contributed by atoms with Gasteiger partial charge in [-0.3, -0.25) is 4.79 Å². The second-order valence-electron chi connectivity index (χ2n) is 4.70. The highest BCUT2D eigenvalue weighted by molar-refractivity contribution is 6.30. The van der Waals surface area contributed by atoms with Crippen molar-refractivity contribution in [2.24, 2.45) is 11.7 Å². The van der Waals surface area contributed by atoms with Crippen molar-refractivity contribution >= 4 is 29.9 Å². The molecule has 21 heavy (non-hydrogen) atoms. The first-order chi connectivity index (χ1) is 9.60. The first kappa shape index (κ1) is 17.5. The molecule has 1 atom stereocenters. The van der Waals surface area contributed by atoms with Crippen molar-refractivity contribution in [1.82, 2.24) is 15.1 Å². The van der Waals surface area contributed by atoms with E-state index >= 15 is 0 Å². The molecule has 2 aromatic rings. The monoisotopic (exact) mass is 328 g/mol. The van der Waals surface area contributed by atoms with Crippen LogP contribution in [0, 0.1) is 5.92 Å². The molecule has 0 fully saturated rings. The van der Waals surface area contributed by atoms with Gasteiger partial charge in [0, 0.05) is 17.8 Å². The van der Waals surface area contributed by atoms with Crippen molar-refractivity contribution < 1.29 is 4.79 Å². The summed E-state index contributed by atoms with van der Waals surface area (Å²) in [7, 11) is 0. The average molecular weight is 329 g/mol. The van der Waals surface area contributed by atoms with E-state index in [4.69, 9.17) is 17.3 Å². The number of carbonyl (C=O) groups is 1. The zero-order chi connectivity index (χ0) is 14.5. The molecule has 3 N–H and O–H groups in total. The second-order valence-corrected chi connectivity index (χ2v) is 5.14. The van der Waals surface area contributed by atoms with E-state index in [0.29, 0.717) is 23.7 Å². The number of benzene rings is 1. The molecule has 0 aliphatic heterocycles. The molecule has 1 amide bonds. The third-order valence-electron chi connectivity index (χ3n) is 2.93. The quantitative estimate of drug-likeness (QED) is 0.884. The Bertz CT molecular complexity index is 600. The first-order valence-corrected chi connectivity index (χ1v) is 6.77. The Kier molecular flexibility index (Phi) is 6.68. The van der Waals surface area contributed by atoms with Crippen LogP contribution in [0.1, 0.15) is 17.3 Å². The van der Waals surface area contributed by atoms with Crippen molar-refractivity contribution in [2.45, 2.75) is 6.92 Å². The van der Waals surface area contributed by atoms with Crippen LogP contribution < -0.4 is 11.1 Å². The van der Waals surface area contributed by atoms with Crippen LogP contribution in [-0.4, -0.2) is 28.8 Å². The number of amides is 1. The Morgan fingerprint density at radius 3 is 2.95 bits per heavy atom. The molecule has 1 unspecified atom stereocenters. The summed E-state index contributed by atoms with van der Waals surface area (Å²) in [5.41, 5.74) is 6.83. The molecular weight excluding hydrogens is 311 g/mol. The summed E-state index contributed by atoms with van der Waals surface area (Å²) in [6.45, 7) is 3.08. The van der Waals surface area contributed by atoms with Crippen LogP contribution in [0.25, 0.3) is 5.69 Å². The van der Waals surface area contributed by atoms with Crippen molar-refractivity contribution in [1.29, 1.82) is 0 Å². The van der Waals surface area contributed by atoms with E-state index in [1.165, 1.54) is 6.20 Å². The average Bonchev–Trinajstić information content (AvgIpc) is 2.94. The standard InChI is InChI=1S/C14H17ClN4O.ClH/c1-10(6-16)7-17-14(20)11-8-18-19(9-11)13-4-2-3-12(15)5-13;/h2-5,8-10H,6-7,16H2,1H3,(H,17,20);1H. The minimum Gasteiger partial charge on any atom is -0.352 e. The van der Waals surface area contributed by atoms with Crippen molar-refractivity contribution in [3.63, 3.8) is 0 Å². The molecule has 7 heteroatoms. The number of aromatic nitrogens is 2. The number of nitrogens with one attached hydrogen (secondary N) is 1. The topological polar surface area (TPSA) is 72.9 Å². The van der Waals surface area contributed by atoms with Crippen molar-refractivity contribution in [3.8, 4) is 5.69 Å². The molecule has 0 radical (unpaired) electrons. The van der Waals surface area contributed by atoms with E-state index in [-0.39, 0.29) is 24.2 Å². The number of rotatable bonds is 5. The zero-order valence-corrected chi connectivity index (χ0v) is 13.2. The van der Waals surface area contributed by atoms with Gasteiger partial charge in [0.1, 0.15) is 0 Å². The van der Waals surface area contributed by atoms with Gasteiger partial charge >= 0.3 is 0 Å². The normalized spacial score (nSPS) is 11.6. The van der Waals surface area contributed by atoms with Gasteiger partial charge in [-0.1, -0.05) is 24.6 Å². The Morgan fingerprint density at radius 1 is 1.52 bits per heavy atom. The van der Waals surface area contributed by atoms with Crippen LogP contribution in [0.15, 0.2) is 36.7 Å². The number of hydrogen-bond acceptors (Lipinski definition) is 3. The molecule has 2 rings (SSSR count). The Hall–Kier alpha value is -1.56. The van der Waals surface area contributed by atoms with Gasteiger partial charge in [-0.15, -0.1) is 12.4 Å². The molecule has 0 aliphatic carbocycles. The lowest BCUT2D eigenvalue weighted by Gasteiger charge is -2.08. The predicted octanol–water partition coefficient (Wildman–Crippen LogP) is 2.27. The minimum atomic E-state index is -0.154. The SMILES string of the molecule is CC(CN)CNC(=O)c1cnn(-c2cccc(Cl)c2)c1.Cl. The first-order valence-electron chi connectivity index (χ1n) is 6.39. The largest absolute Gasteiger partial charge is 0.352 e. The van der Waals surface area contributed by atoms with Crippen LogP contribution in [-0.2, 0) is 0 Å². The molecule has 5 nitrogen and oxygen atoms in total. The summed E-state index contributed by atoms with van der Waals surface area (Å²) >= 11 is 5.93. The summed E-state index contributed by atoms with van der Waals surface area (Å²) in [6.07, 6.45) is 3.21. The van der Waals surface area contributed by atoms with Crippen LogP contribution in [0.2, 0.25) is 5.02 Å². The van der Waals surface area contributed by atoms with Crippen LogP contribution in [0.5, 0.6) is 0 Å². The number of carbonyl (C=O) groups excluding carboxylic acids is 1. The van der Waals surface area contributed by atoms with E-state index in [0.717, 1.165) is 5.69 Å². The molecule has 0 bridgehead atoms. The van der Waals surface area contributed by atoms with Gasteiger partial charge in [-0.25, -0.2) is 4.68 Å². The summed E-state index contributed by atoms with van der Waals surface area (Å²) < 4.78 is 1.62. The van der Waals surface area contributed by atoms with Crippen LogP contribution in [0.3, 0.4) is 0 Å². The molecular formula is C14H18Cl2N4O. The lowest BCUT2D eigenvalue weighted by molar-refractivity contribution is 0.0948. The highest BCUT2D eigenvalue weighted by Crippen LogP contribution is 2.14. The van der Waals surface area contributed by atoms with E-state index in [1.807, 2.05) is 19.1 Å². The molecule has 0 saturated carbocycles. The maximum absolute atomic E-state index is 11.9. The highest BCUT2D eigenvalue weighted by atomic mass is 35.5. The summed E-state index contributed by atoms with van der Waals surface area (Å²) in [5.74, 6) is 0.0977. The Morgan fingerprint density at radius 2 is 2.29 bits per heavy atom. The van der Waals surface area contributed by atoms with Crippen molar-refractivity contribution in [2.75, 3.05) is 13.1 Å². The molecule has 0 aliphatic rings. The van der Waals surface area contributed by atoms with E-state index < -0.39 is 0 Å². The lowest BCUT2D eigenvalue weighted by atomic mass is 10.2. The summed E-state index contributed by atoms with van der Waals surface area (Å²) in [4.78, 5) is 11.9. The fourth-order valence-corrected chi connectivity index (χ4v) is 1.84. The van der Waals surface area contributed by atoms with Crippen molar-refractivity contribution in [3.05, 3.63) is 47.2 Å². The summed E-state index contributed by atoms with van der Waals surface area (Å²) in [5, 5.41) is 7.62. The highest BCUT2D eigenvalue weighted by Gasteiger charge is 2.10. The maximum Gasteiger partial charge on any atom is 0.254 e. The zero-order valence-electron chi connectivity index (χ0n) is 11.6. The van der Waals surface area contributed by atoms with Gasteiger partial charge in [-0.2, -0.15) is 5.10 Å². The van der Waals surface area contributed by atoms with E-state index in [2.05, 4.69) is 10.4 Å². The maximum atomic E-state index is 11.9. The predicted molar refractivity (Wildman–Crippen MR) is 86.4 cm³/mol. The fraction of sp³-hybridized carbons (Fsp3) is 0.286. The van der Waals surface area contributed by atoms with Gasteiger partial charge in [0.05, 0.1) is 17.4 Å². The number of nitrogens with two attached hydrogens (primary N) is 1. The lowest BCUT2D eigenvalue weighted by Crippen LogP contribution is -2.31. The van der Waals surface area contributed by atoms with Crippen LogP contribution >= 0.6 is 24.0 Å². The molecule has 0 saturated heterocycles. The van der Waals surface area contributed by atoms with Gasteiger partial charge < -0.3 is 11.1 Å². The third kappa shape index (κ3) is 4.74. The van der Waals surface area contributed by atoms with Gasteiger partial charge in [-0.05, 0) is 30.7 Å². The van der Waals surface area contributed by atoms with Gasteiger partial charge in [0.15, 0.2) is 0 Å². The van der Waals surface area contributed by atoms with E-state index in [9.17, 15) is 4.79 Å². The smallest absolute Gasteiger partial charge is 0.254 e. The van der Waals surface area contributed by atoms with Crippen LogP contribution in [0.4, 0.5) is 0 Å².